The number of carbonyl (C=O) groups excluding carboxylic acids is 3. The number of hydrogen-bond acceptors (Lipinski definition) is 9. The molecule has 46 heavy (non-hydrogen) atoms. The fourth-order valence-corrected chi connectivity index (χ4v) is 10.3. The normalized spacial score (nSPS) is 27.4. The Hall–Kier alpha value is -3.05. The van der Waals surface area contributed by atoms with E-state index in [0.29, 0.717) is 25.0 Å². The minimum absolute atomic E-state index is 0.0216. The zero-order valence-corrected chi connectivity index (χ0v) is 26.7. The van der Waals surface area contributed by atoms with E-state index in [2.05, 4.69) is 15.4 Å². The van der Waals surface area contributed by atoms with E-state index in [4.69, 9.17) is 11.6 Å². The molecule has 2 unspecified atom stereocenters. The largest absolute Gasteiger partial charge is 0.453 e. The molecule has 1 heterocycles. The van der Waals surface area contributed by atoms with Crippen molar-refractivity contribution in [3.63, 3.8) is 0 Å². The Morgan fingerprint density at radius 2 is 1.72 bits per heavy atom. The lowest BCUT2D eigenvalue weighted by Crippen LogP contribution is -2.48. The zero-order chi connectivity index (χ0) is 33.6. The van der Waals surface area contributed by atoms with E-state index < -0.39 is 79.4 Å². The van der Waals surface area contributed by atoms with Crippen molar-refractivity contribution in [2.45, 2.75) is 59.3 Å². The van der Waals surface area contributed by atoms with Gasteiger partial charge in [-0.2, -0.15) is 0 Å². The molecule has 3 aliphatic rings. The molecule has 3 amide bonds. The molecule has 1 saturated heterocycles. The Morgan fingerprint density at radius 3 is 2.33 bits per heavy atom. The Morgan fingerprint density at radius 1 is 1.09 bits per heavy atom. The molecule has 250 valence electrons. The second-order valence-electron chi connectivity index (χ2n) is 11.6. The number of aliphatic hydroxyl groups is 2. The van der Waals surface area contributed by atoms with Gasteiger partial charge in [0.1, 0.15) is 11.0 Å². The molecule has 2 bridgehead atoms. The number of benzene rings is 2. The molecule has 2 aromatic rings. The number of nitrogens with one attached hydrogen (secondary N) is 2. The van der Waals surface area contributed by atoms with Crippen LogP contribution >= 0.6 is 23.4 Å². The van der Waals surface area contributed by atoms with Gasteiger partial charge in [0.15, 0.2) is 27.3 Å². The average Bonchev–Trinajstić information content (AvgIpc) is 3.43. The maximum absolute atomic E-state index is 13.8. The van der Waals surface area contributed by atoms with E-state index in [-0.39, 0.29) is 52.9 Å². The van der Waals surface area contributed by atoms with E-state index >= 15 is 0 Å². The molecule has 11 nitrogen and oxygen atoms in total. The smallest absolute Gasteiger partial charge is 0.410 e. The lowest BCUT2D eigenvalue weighted by molar-refractivity contribution is -0.124. The van der Waals surface area contributed by atoms with Crippen LogP contribution in [-0.2, 0) is 19.4 Å². The number of anilines is 1. The molecule has 2 aromatic carbocycles. The van der Waals surface area contributed by atoms with Gasteiger partial charge >= 0.3 is 6.09 Å². The van der Waals surface area contributed by atoms with Gasteiger partial charge in [0.05, 0.1) is 40.8 Å². The summed E-state index contributed by atoms with van der Waals surface area (Å²) in [6, 6.07) is 3.75. The SMILES string of the molecule is COC(=O)N1C[C@H](O)C[C@H]1C(=O)NCS[C@]1(O)C2CCC1C[C@@H](S(=O)(=O)c1cc(C(=O)Nc3cc(F)c(F)c(F)c3)ccc1Cl)C2. The topological polar surface area (TPSA) is 162 Å². The fraction of sp³-hybridized carbons (Fsp3) is 0.483. The highest BCUT2D eigenvalue weighted by atomic mass is 35.5. The van der Waals surface area contributed by atoms with Gasteiger partial charge < -0.3 is 25.6 Å². The molecule has 0 aromatic heterocycles. The first-order chi connectivity index (χ1) is 21.6. The Bertz CT molecular complexity index is 1630. The standard InChI is InChI=1S/C29H31ClF3N3O8S2/c1-44-28(40)36-12-18(37)11-23(36)27(39)34-13-45-29(41)15-3-4-16(29)8-19(7-15)46(42,43)24-6-14(2-5-20(24)30)26(38)35-17-9-21(31)25(33)22(32)10-17/h2,5-6,9-10,15-16,18-19,23,37,41H,3-4,7-8,11-13H2,1H3,(H,34,39)(H,35,38)/t15?,16?,18-,19-,23+,29+/m1/s1. The summed E-state index contributed by atoms with van der Waals surface area (Å²) >= 11 is 7.35. The number of fused-ring (bicyclic) bond motifs is 2. The lowest BCUT2D eigenvalue weighted by atomic mass is 9.85. The first kappa shape index (κ1) is 34.3. The van der Waals surface area contributed by atoms with Crippen LogP contribution in [0, 0.1) is 29.3 Å². The Kier molecular flexibility index (Phi) is 9.85. The van der Waals surface area contributed by atoms with E-state index in [0.717, 1.165) is 22.7 Å². The number of hydrogen-bond donors (Lipinski definition) is 4. The van der Waals surface area contributed by atoms with E-state index in [1.54, 1.807) is 0 Å². The second-order valence-corrected chi connectivity index (χ2v) is 15.4. The number of rotatable bonds is 8. The fourth-order valence-electron chi connectivity index (χ4n) is 6.54. The van der Waals surface area contributed by atoms with Crippen molar-refractivity contribution in [2.75, 3.05) is 24.8 Å². The first-order valence-corrected chi connectivity index (χ1v) is 17.2. The molecule has 0 spiro atoms. The van der Waals surface area contributed by atoms with Crippen LogP contribution in [0.5, 0.6) is 0 Å². The van der Waals surface area contributed by atoms with Crippen LogP contribution in [0.3, 0.4) is 0 Å². The molecule has 17 heteroatoms. The summed E-state index contributed by atoms with van der Waals surface area (Å²) in [7, 11) is -2.96. The van der Waals surface area contributed by atoms with Crippen LogP contribution in [0.4, 0.5) is 23.7 Å². The van der Waals surface area contributed by atoms with Gasteiger partial charge in [-0.25, -0.2) is 26.4 Å². The number of likely N-dealkylation sites (tertiary alicyclic amines) is 1. The Labute approximate surface area is 271 Å². The van der Waals surface area contributed by atoms with Crippen molar-refractivity contribution in [2.24, 2.45) is 11.8 Å². The van der Waals surface area contributed by atoms with Crippen molar-refractivity contribution in [1.82, 2.24) is 10.2 Å². The quantitative estimate of drug-likeness (QED) is 0.237. The summed E-state index contributed by atoms with van der Waals surface area (Å²) in [5.74, 6) is -7.06. The molecule has 2 saturated carbocycles. The van der Waals surface area contributed by atoms with Crippen molar-refractivity contribution in [1.29, 1.82) is 0 Å². The molecule has 0 radical (unpaired) electrons. The number of amides is 3. The Balaban J connectivity index is 1.25. The zero-order valence-electron chi connectivity index (χ0n) is 24.3. The number of thioether (sulfide) groups is 1. The first-order valence-electron chi connectivity index (χ1n) is 14.3. The van der Waals surface area contributed by atoms with Gasteiger partial charge in [-0.1, -0.05) is 11.6 Å². The van der Waals surface area contributed by atoms with Crippen LogP contribution < -0.4 is 10.6 Å². The highest BCUT2D eigenvalue weighted by molar-refractivity contribution is 8.00. The van der Waals surface area contributed by atoms with Crippen molar-refractivity contribution in [3.05, 3.63) is 58.4 Å². The van der Waals surface area contributed by atoms with Gasteiger partial charge in [-0.3, -0.25) is 14.5 Å². The molecule has 3 fully saturated rings. The third-order valence-corrected chi connectivity index (χ3v) is 12.9. The van der Waals surface area contributed by atoms with Crippen molar-refractivity contribution < 1.29 is 50.9 Å². The van der Waals surface area contributed by atoms with Gasteiger partial charge in [0, 0.05) is 29.8 Å². The summed E-state index contributed by atoms with van der Waals surface area (Å²) in [6.45, 7) is -0.0480. The van der Waals surface area contributed by atoms with Crippen LogP contribution in [0.2, 0.25) is 5.02 Å². The molecule has 4 N–H and O–H groups in total. The highest BCUT2D eigenvalue weighted by Gasteiger charge is 2.56. The van der Waals surface area contributed by atoms with Gasteiger partial charge in [0.25, 0.3) is 5.91 Å². The number of methoxy groups -OCH3 is 1. The number of ether oxygens (including phenoxy) is 1. The van der Waals surface area contributed by atoms with Crippen LogP contribution in [-0.4, -0.2) is 83.3 Å². The summed E-state index contributed by atoms with van der Waals surface area (Å²) < 4.78 is 72.8. The minimum Gasteiger partial charge on any atom is -0.453 e. The van der Waals surface area contributed by atoms with E-state index in [9.17, 15) is 46.2 Å². The second kappa shape index (κ2) is 13.2. The van der Waals surface area contributed by atoms with Crippen LogP contribution in [0.15, 0.2) is 35.2 Å². The maximum atomic E-state index is 13.8. The third-order valence-electron chi connectivity index (χ3n) is 8.85. The maximum Gasteiger partial charge on any atom is 0.410 e. The number of halogens is 4. The molecule has 1 aliphatic heterocycles. The van der Waals surface area contributed by atoms with Crippen molar-refractivity contribution in [3.8, 4) is 0 Å². The summed E-state index contributed by atoms with van der Waals surface area (Å²) in [5.41, 5.74) is -0.547. The monoisotopic (exact) mass is 705 g/mol. The number of carbonyl (C=O) groups is 3. The predicted octanol–water partition coefficient (Wildman–Crippen LogP) is 3.67. The minimum atomic E-state index is -4.13. The molecular formula is C29H31ClF3N3O8S2. The summed E-state index contributed by atoms with van der Waals surface area (Å²) in [5, 5.41) is 25.4. The highest BCUT2D eigenvalue weighted by Crippen LogP contribution is 2.56. The average molecular weight is 706 g/mol. The van der Waals surface area contributed by atoms with Gasteiger partial charge in [-0.05, 0) is 55.7 Å². The number of aliphatic hydroxyl groups excluding tert-OH is 1. The van der Waals surface area contributed by atoms with E-state index in [1.165, 1.54) is 19.2 Å². The third kappa shape index (κ3) is 6.54. The molecule has 4 atom stereocenters. The molecular weight excluding hydrogens is 675 g/mol. The molecule has 2 aliphatic carbocycles. The number of sulfone groups is 1. The van der Waals surface area contributed by atoms with Crippen LogP contribution in [0.25, 0.3) is 0 Å². The van der Waals surface area contributed by atoms with Gasteiger partial charge in [0.2, 0.25) is 5.91 Å². The predicted molar refractivity (Wildman–Crippen MR) is 161 cm³/mol. The van der Waals surface area contributed by atoms with Crippen LogP contribution in [0.1, 0.15) is 42.5 Å². The van der Waals surface area contributed by atoms with Crippen molar-refractivity contribution >= 4 is 56.8 Å². The summed E-state index contributed by atoms with van der Waals surface area (Å²) in [4.78, 5) is 37.1. The molecule has 5 rings (SSSR count). The van der Waals surface area contributed by atoms with Gasteiger partial charge in [-0.15, -0.1) is 11.8 Å². The summed E-state index contributed by atoms with van der Waals surface area (Å²) in [6.07, 6.45) is -0.336. The number of β-amino-alcohol motifs (C(OH)–C–C–N with tert-alkyl or cyclic N) is 1. The van der Waals surface area contributed by atoms with E-state index in [1.807, 2.05) is 0 Å². The lowest BCUT2D eigenvalue weighted by Gasteiger charge is -2.42. The number of nitrogens with zero attached hydrogens (tertiary/aromatic N) is 1.